The average Bonchev–Trinajstić information content (AvgIpc) is 3.03. The largest absolute Gasteiger partial charge is 0.0776 e. The molecule has 0 spiro atoms. The van der Waals surface area contributed by atoms with Crippen molar-refractivity contribution in [2.24, 2.45) is 5.92 Å². The second-order valence-corrected chi connectivity index (χ2v) is 5.49. The van der Waals surface area contributed by atoms with Gasteiger partial charge in [-0.05, 0) is 36.2 Å². The Balaban J connectivity index is 0.00000120. The van der Waals surface area contributed by atoms with Crippen molar-refractivity contribution in [1.29, 1.82) is 0 Å². The van der Waals surface area contributed by atoms with Crippen LogP contribution in [0.3, 0.4) is 0 Å². The molecule has 1 saturated carbocycles. The van der Waals surface area contributed by atoms with E-state index in [0.29, 0.717) is 11.3 Å². The fourth-order valence-electron chi connectivity index (χ4n) is 3.52. The van der Waals surface area contributed by atoms with Gasteiger partial charge in [-0.1, -0.05) is 67.5 Å². The molecule has 1 aromatic carbocycles. The summed E-state index contributed by atoms with van der Waals surface area (Å²) in [6.07, 6.45) is 15.9. The second-order valence-electron chi connectivity index (χ2n) is 5.49. The fourth-order valence-corrected chi connectivity index (χ4v) is 3.52. The summed E-state index contributed by atoms with van der Waals surface area (Å²) in [5, 5.41) is 0. The zero-order valence-corrected chi connectivity index (χ0v) is 10.3. The van der Waals surface area contributed by atoms with Gasteiger partial charge in [-0.15, -0.1) is 0 Å². The molecular weight excluding hydrogens is 204 g/mol. The predicted octanol–water partition coefficient (Wildman–Crippen LogP) is 4.88. The van der Waals surface area contributed by atoms with Crippen LogP contribution in [-0.4, -0.2) is 0 Å². The van der Waals surface area contributed by atoms with Crippen LogP contribution in [0.25, 0.3) is 0 Å². The molecule has 0 N–H and O–H groups in total. The van der Waals surface area contributed by atoms with Crippen LogP contribution in [0.5, 0.6) is 0 Å². The Morgan fingerprint density at radius 2 is 1.65 bits per heavy atom. The lowest BCUT2D eigenvalue weighted by atomic mass is 9.73. The van der Waals surface area contributed by atoms with E-state index in [9.17, 15) is 0 Å². The van der Waals surface area contributed by atoms with Gasteiger partial charge >= 0.3 is 0 Å². The third kappa shape index (κ3) is 2.09. The molecule has 0 heteroatoms. The van der Waals surface area contributed by atoms with Crippen LogP contribution in [-0.2, 0) is 5.41 Å². The molecule has 0 unspecified atom stereocenters. The van der Waals surface area contributed by atoms with Crippen LogP contribution in [0.15, 0.2) is 54.6 Å². The minimum absolute atomic E-state index is 0. The molecular formula is C17H22. The minimum atomic E-state index is 0. The van der Waals surface area contributed by atoms with Crippen molar-refractivity contribution in [2.75, 3.05) is 0 Å². The van der Waals surface area contributed by atoms with E-state index >= 15 is 0 Å². The van der Waals surface area contributed by atoms with Crippen molar-refractivity contribution < 1.29 is 1.43 Å². The summed E-state index contributed by atoms with van der Waals surface area (Å²) >= 11 is 0. The number of hydrogen-bond donors (Lipinski definition) is 0. The highest BCUT2D eigenvalue weighted by molar-refractivity contribution is 5.29. The van der Waals surface area contributed by atoms with E-state index < -0.39 is 0 Å². The van der Waals surface area contributed by atoms with Crippen LogP contribution in [0, 0.1) is 5.92 Å². The predicted molar refractivity (Wildman–Crippen MR) is 75.1 cm³/mol. The highest BCUT2D eigenvalue weighted by atomic mass is 14.4. The zero-order chi connectivity index (χ0) is 11.6. The maximum Gasteiger partial charge on any atom is 0 e. The molecule has 0 nitrogen and oxygen atoms in total. The van der Waals surface area contributed by atoms with E-state index in [0.717, 1.165) is 0 Å². The highest BCUT2D eigenvalue weighted by Crippen LogP contribution is 2.46. The van der Waals surface area contributed by atoms with E-state index in [4.69, 9.17) is 0 Å². The van der Waals surface area contributed by atoms with Gasteiger partial charge in [-0.2, -0.15) is 0 Å². The van der Waals surface area contributed by atoms with Crippen LogP contribution in [0.1, 0.15) is 39.1 Å². The molecule has 0 amide bonds. The Hall–Kier alpha value is -1.30. The van der Waals surface area contributed by atoms with Crippen LogP contribution >= 0.6 is 0 Å². The smallest absolute Gasteiger partial charge is 0 e. The van der Waals surface area contributed by atoms with Crippen molar-refractivity contribution in [1.82, 2.24) is 0 Å². The van der Waals surface area contributed by atoms with Crippen molar-refractivity contribution in [3.63, 3.8) is 0 Å². The molecule has 2 aliphatic carbocycles. The molecule has 3 rings (SSSR count). The van der Waals surface area contributed by atoms with Gasteiger partial charge in [0.1, 0.15) is 0 Å². The zero-order valence-electron chi connectivity index (χ0n) is 10.3. The average molecular weight is 226 g/mol. The topological polar surface area (TPSA) is 0 Å². The van der Waals surface area contributed by atoms with Gasteiger partial charge < -0.3 is 0 Å². The molecule has 2 aliphatic rings. The van der Waals surface area contributed by atoms with Crippen molar-refractivity contribution in [2.45, 2.75) is 37.5 Å². The highest BCUT2D eigenvalue weighted by Gasteiger charge is 2.36. The first kappa shape index (κ1) is 10.8. The summed E-state index contributed by atoms with van der Waals surface area (Å²) in [7, 11) is 0. The molecule has 0 bridgehead atoms. The lowest BCUT2D eigenvalue weighted by Crippen LogP contribution is -2.24. The molecule has 0 saturated heterocycles. The van der Waals surface area contributed by atoms with Gasteiger partial charge in [0.15, 0.2) is 0 Å². The Kier molecular flexibility index (Phi) is 2.88. The van der Waals surface area contributed by atoms with E-state index in [2.05, 4.69) is 54.6 Å². The van der Waals surface area contributed by atoms with Gasteiger partial charge in [-0.3, -0.25) is 0 Å². The van der Waals surface area contributed by atoms with E-state index in [-0.39, 0.29) is 1.43 Å². The Morgan fingerprint density at radius 3 is 2.29 bits per heavy atom. The third-order valence-electron chi connectivity index (χ3n) is 4.40. The molecule has 1 fully saturated rings. The Bertz CT molecular complexity index is 412. The minimum Gasteiger partial charge on any atom is -0.0776 e. The monoisotopic (exact) mass is 226 g/mol. The first-order valence-corrected chi connectivity index (χ1v) is 6.80. The normalized spacial score (nSPS) is 22.4. The van der Waals surface area contributed by atoms with Crippen LogP contribution in [0.2, 0.25) is 0 Å². The van der Waals surface area contributed by atoms with E-state index in [1.807, 2.05) is 0 Å². The number of rotatable bonds is 3. The molecule has 1 aromatic rings. The Labute approximate surface area is 106 Å². The van der Waals surface area contributed by atoms with E-state index in [1.54, 1.807) is 5.56 Å². The maximum absolute atomic E-state index is 2.35. The van der Waals surface area contributed by atoms with Gasteiger partial charge in [0, 0.05) is 1.43 Å². The van der Waals surface area contributed by atoms with Gasteiger partial charge in [0.25, 0.3) is 0 Å². The van der Waals surface area contributed by atoms with Crippen LogP contribution in [0.4, 0.5) is 0 Å². The molecule has 0 aromatic heterocycles. The summed E-state index contributed by atoms with van der Waals surface area (Å²) in [5.41, 5.74) is 2.01. The van der Waals surface area contributed by atoms with Gasteiger partial charge in [-0.25, -0.2) is 0 Å². The molecule has 90 valence electrons. The molecule has 0 atom stereocenters. The lowest BCUT2D eigenvalue weighted by Gasteiger charge is -2.31. The number of allylic oxidation sites excluding steroid dienone is 4. The first-order valence-electron chi connectivity index (χ1n) is 6.80. The summed E-state index contributed by atoms with van der Waals surface area (Å²) < 4.78 is 0. The van der Waals surface area contributed by atoms with Crippen molar-refractivity contribution >= 4 is 0 Å². The Morgan fingerprint density at radius 1 is 1.00 bits per heavy atom. The number of hydrogen-bond acceptors (Lipinski definition) is 0. The summed E-state index contributed by atoms with van der Waals surface area (Å²) in [4.78, 5) is 0. The first-order chi connectivity index (χ1) is 8.39. The summed E-state index contributed by atoms with van der Waals surface area (Å²) in [5.74, 6) is 0.660. The van der Waals surface area contributed by atoms with Gasteiger partial charge in [0.2, 0.25) is 0 Å². The number of benzene rings is 1. The standard InChI is InChI=1S/C17H20.H2/c1-2-10-16(11-3-1)17(12-6-7-13-17)14-15-8-4-5-9-15;/h1-5,8-11,15H,6-7,12-14H2;1H. The van der Waals surface area contributed by atoms with Crippen LogP contribution < -0.4 is 0 Å². The molecule has 0 heterocycles. The van der Waals surface area contributed by atoms with Gasteiger partial charge in [0.05, 0.1) is 0 Å². The molecule has 17 heavy (non-hydrogen) atoms. The quantitative estimate of drug-likeness (QED) is 0.689. The second kappa shape index (κ2) is 4.52. The SMILES string of the molecule is C1=CC(CC2(c3ccccc3)CCCC2)C=C1.[HH]. The molecule has 0 radical (unpaired) electrons. The van der Waals surface area contributed by atoms with Crippen molar-refractivity contribution in [3.05, 3.63) is 60.2 Å². The maximum atomic E-state index is 2.35. The lowest BCUT2D eigenvalue weighted by molar-refractivity contribution is 0.379. The third-order valence-corrected chi connectivity index (χ3v) is 4.40. The van der Waals surface area contributed by atoms with E-state index in [1.165, 1.54) is 32.1 Å². The molecule has 0 aliphatic heterocycles. The summed E-state index contributed by atoms with van der Waals surface area (Å²) in [6.45, 7) is 0. The van der Waals surface area contributed by atoms with Crippen molar-refractivity contribution in [3.8, 4) is 0 Å². The summed E-state index contributed by atoms with van der Waals surface area (Å²) in [6, 6.07) is 11.2. The fraction of sp³-hybridized carbons (Fsp3) is 0.412.